The molecule has 0 amide bonds. The maximum absolute atomic E-state index is 13.3. The summed E-state index contributed by atoms with van der Waals surface area (Å²) in [6, 6.07) is 0. The first-order valence-electron chi connectivity index (χ1n) is 18.8. The third-order valence-corrected chi connectivity index (χ3v) is 9.85. The molecule has 8 heteroatoms. The summed E-state index contributed by atoms with van der Waals surface area (Å²) in [7, 11) is 0. The van der Waals surface area contributed by atoms with Crippen LogP contribution in [0.1, 0.15) is 150 Å². The standard InChI is InChI=1S/C39H61N5O2S/c1-6-11-16-17-18-19-24-47-39-43-37(40-33-25-29(20-12-7-2)35(45)30(26-33)21-13-8-3)42-38(44-39)41-34-27-31(22-14-9-4)36(46)32(28-34)23-15-10-5/h25-29,31H,6-24H2,1-5H3,(H2,40,41,42,43,44). The minimum absolute atomic E-state index is 0.119. The lowest BCUT2D eigenvalue weighted by molar-refractivity contribution is -0.119. The number of thioether (sulfide) groups is 1. The van der Waals surface area contributed by atoms with E-state index in [-0.39, 0.29) is 23.4 Å². The van der Waals surface area contributed by atoms with Gasteiger partial charge in [0.1, 0.15) is 0 Å². The number of anilines is 2. The summed E-state index contributed by atoms with van der Waals surface area (Å²) in [4.78, 5) is 41.0. The third kappa shape index (κ3) is 13.4. The summed E-state index contributed by atoms with van der Waals surface area (Å²) in [5, 5.41) is 7.61. The first-order chi connectivity index (χ1) is 22.9. The molecule has 47 heavy (non-hydrogen) atoms. The van der Waals surface area contributed by atoms with E-state index in [0.29, 0.717) is 17.1 Å². The second kappa shape index (κ2) is 22.0. The number of hydrogen-bond donors (Lipinski definition) is 2. The highest BCUT2D eigenvalue weighted by Crippen LogP contribution is 2.30. The highest BCUT2D eigenvalue weighted by Gasteiger charge is 2.26. The van der Waals surface area contributed by atoms with Crippen LogP contribution in [0, 0.1) is 11.8 Å². The van der Waals surface area contributed by atoms with Gasteiger partial charge in [-0.1, -0.05) is 117 Å². The van der Waals surface area contributed by atoms with E-state index in [4.69, 9.17) is 15.0 Å². The molecule has 0 bridgehead atoms. The Labute approximate surface area is 289 Å². The van der Waals surface area contributed by atoms with Gasteiger partial charge in [0.2, 0.25) is 11.9 Å². The molecule has 2 N–H and O–H groups in total. The van der Waals surface area contributed by atoms with Crippen LogP contribution in [0.15, 0.2) is 52.0 Å². The maximum Gasteiger partial charge on any atom is 0.233 e. The number of allylic oxidation sites excluding steroid dienone is 6. The Morgan fingerprint density at radius 1 is 0.574 bits per heavy atom. The third-order valence-electron chi connectivity index (χ3n) is 8.92. The lowest BCUT2D eigenvalue weighted by Crippen LogP contribution is -2.22. The van der Waals surface area contributed by atoms with Crippen molar-refractivity contribution in [2.45, 2.75) is 155 Å². The fourth-order valence-corrected chi connectivity index (χ4v) is 6.90. The summed E-state index contributed by atoms with van der Waals surface area (Å²) in [5.74, 6) is 2.17. The molecule has 2 aliphatic carbocycles. The quantitative estimate of drug-likeness (QED) is 0.0833. The number of ketones is 2. The van der Waals surface area contributed by atoms with Crippen LogP contribution in [-0.2, 0) is 9.59 Å². The van der Waals surface area contributed by atoms with Gasteiger partial charge in [0.15, 0.2) is 16.7 Å². The number of Topliss-reactive ketones (excluding diaryl/α,β-unsaturated/α-hetero) is 2. The van der Waals surface area contributed by atoms with E-state index in [2.05, 4.69) is 57.4 Å². The number of nitrogens with zero attached hydrogens (tertiary/aromatic N) is 3. The topological polar surface area (TPSA) is 96.9 Å². The first-order valence-corrected chi connectivity index (χ1v) is 19.8. The van der Waals surface area contributed by atoms with Gasteiger partial charge in [-0.15, -0.1) is 0 Å². The normalized spacial score (nSPS) is 18.1. The van der Waals surface area contributed by atoms with Crippen molar-refractivity contribution in [1.82, 2.24) is 15.0 Å². The average molecular weight is 664 g/mol. The number of aromatic nitrogens is 3. The van der Waals surface area contributed by atoms with Gasteiger partial charge in [-0.3, -0.25) is 9.59 Å². The Morgan fingerprint density at radius 2 is 1.02 bits per heavy atom. The van der Waals surface area contributed by atoms with Crippen LogP contribution in [0.5, 0.6) is 0 Å². The van der Waals surface area contributed by atoms with E-state index in [1.807, 2.05) is 12.2 Å². The van der Waals surface area contributed by atoms with Crippen LogP contribution in [0.4, 0.5) is 11.9 Å². The lowest BCUT2D eigenvalue weighted by atomic mass is 9.85. The van der Waals surface area contributed by atoms with Crippen molar-refractivity contribution in [3.8, 4) is 0 Å². The number of nitrogens with one attached hydrogen (secondary N) is 2. The fourth-order valence-electron chi connectivity index (χ4n) is 6.07. The first kappa shape index (κ1) is 38.7. The predicted molar refractivity (Wildman–Crippen MR) is 199 cm³/mol. The zero-order chi connectivity index (χ0) is 33.9. The smallest absolute Gasteiger partial charge is 0.233 e. The van der Waals surface area contributed by atoms with Gasteiger partial charge in [-0.25, -0.2) is 0 Å². The molecule has 3 rings (SSSR count). The molecule has 0 aromatic carbocycles. The van der Waals surface area contributed by atoms with Gasteiger partial charge < -0.3 is 10.6 Å². The van der Waals surface area contributed by atoms with E-state index >= 15 is 0 Å². The Hall–Kier alpha value is -2.74. The SMILES string of the molecule is CCCCCCCCSc1nc(NC2=CC(CCCC)C(=O)C(CCCC)=C2)nc(NC2=CC(CCCC)C(=O)C(CCCC)=C2)n1. The van der Waals surface area contributed by atoms with Crippen molar-refractivity contribution in [2.75, 3.05) is 16.4 Å². The molecular weight excluding hydrogens is 603 g/mol. The van der Waals surface area contributed by atoms with Gasteiger partial charge in [0.05, 0.1) is 0 Å². The van der Waals surface area contributed by atoms with E-state index < -0.39 is 0 Å². The Kier molecular flexibility index (Phi) is 18.1. The molecule has 0 saturated carbocycles. The van der Waals surface area contributed by atoms with E-state index in [1.165, 1.54) is 32.1 Å². The molecule has 260 valence electrons. The number of carbonyl (C=O) groups is 2. The van der Waals surface area contributed by atoms with Crippen molar-refractivity contribution < 1.29 is 9.59 Å². The number of hydrogen-bond acceptors (Lipinski definition) is 8. The Morgan fingerprint density at radius 3 is 1.49 bits per heavy atom. The Bertz CT molecular complexity index is 1180. The van der Waals surface area contributed by atoms with Crippen molar-refractivity contribution >= 4 is 35.2 Å². The zero-order valence-electron chi connectivity index (χ0n) is 30.0. The number of carbonyl (C=O) groups excluding carboxylic acids is 2. The second-order valence-corrected chi connectivity index (χ2v) is 14.2. The molecule has 0 radical (unpaired) electrons. The molecule has 0 aliphatic heterocycles. The highest BCUT2D eigenvalue weighted by atomic mass is 32.2. The van der Waals surface area contributed by atoms with Gasteiger partial charge in [0.25, 0.3) is 0 Å². The molecule has 7 nitrogen and oxygen atoms in total. The van der Waals surface area contributed by atoms with E-state index in [9.17, 15) is 9.59 Å². The van der Waals surface area contributed by atoms with Gasteiger partial charge >= 0.3 is 0 Å². The molecule has 1 aromatic heterocycles. The molecule has 0 saturated heterocycles. The average Bonchev–Trinajstić information content (AvgIpc) is 3.06. The molecule has 2 unspecified atom stereocenters. The van der Waals surface area contributed by atoms with Crippen LogP contribution in [0.3, 0.4) is 0 Å². The monoisotopic (exact) mass is 663 g/mol. The lowest BCUT2D eigenvalue weighted by Gasteiger charge is -2.22. The molecule has 0 spiro atoms. The minimum Gasteiger partial charge on any atom is -0.324 e. The van der Waals surface area contributed by atoms with Crippen molar-refractivity contribution in [3.63, 3.8) is 0 Å². The van der Waals surface area contributed by atoms with Gasteiger partial charge in [-0.2, -0.15) is 15.0 Å². The summed E-state index contributed by atoms with van der Waals surface area (Å²) in [6.07, 6.45) is 27.1. The van der Waals surface area contributed by atoms with Crippen molar-refractivity contribution in [3.05, 3.63) is 46.8 Å². The Balaban J connectivity index is 1.89. The van der Waals surface area contributed by atoms with Crippen molar-refractivity contribution in [1.29, 1.82) is 0 Å². The summed E-state index contributed by atoms with van der Waals surface area (Å²) >= 11 is 1.66. The second-order valence-electron chi connectivity index (χ2n) is 13.1. The van der Waals surface area contributed by atoms with Crippen LogP contribution in [0.2, 0.25) is 0 Å². The van der Waals surface area contributed by atoms with E-state index in [1.54, 1.807) is 11.8 Å². The molecular formula is C39H61N5O2S. The molecule has 2 atom stereocenters. The van der Waals surface area contributed by atoms with Crippen LogP contribution in [0.25, 0.3) is 0 Å². The molecule has 2 aliphatic rings. The largest absolute Gasteiger partial charge is 0.324 e. The van der Waals surface area contributed by atoms with Gasteiger partial charge in [0, 0.05) is 29.0 Å². The van der Waals surface area contributed by atoms with Gasteiger partial charge in [-0.05, 0) is 80.4 Å². The maximum atomic E-state index is 13.3. The predicted octanol–water partition coefficient (Wildman–Crippen LogP) is 10.9. The zero-order valence-corrected chi connectivity index (χ0v) is 30.8. The molecule has 1 aromatic rings. The van der Waals surface area contributed by atoms with Crippen LogP contribution < -0.4 is 10.6 Å². The van der Waals surface area contributed by atoms with E-state index in [0.717, 1.165) is 112 Å². The summed E-state index contributed by atoms with van der Waals surface area (Å²) in [5.41, 5.74) is 3.54. The summed E-state index contributed by atoms with van der Waals surface area (Å²) in [6.45, 7) is 10.9. The van der Waals surface area contributed by atoms with Crippen LogP contribution >= 0.6 is 11.8 Å². The number of unbranched alkanes of at least 4 members (excludes halogenated alkanes) is 9. The number of rotatable bonds is 24. The molecule has 0 fully saturated rings. The highest BCUT2D eigenvalue weighted by molar-refractivity contribution is 7.99. The van der Waals surface area contributed by atoms with Crippen LogP contribution in [-0.4, -0.2) is 32.3 Å². The van der Waals surface area contributed by atoms with Crippen molar-refractivity contribution in [2.24, 2.45) is 11.8 Å². The molecule has 1 heterocycles. The summed E-state index contributed by atoms with van der Waals surface area (Å²) < 4.78 is 0. The fraction of sp³-hybridized carbons (Fsp3) is 0.667. The minimum atomic E-state index is -0.119.